The van der Waals surface area contributed by atoms with Crippen LogP contribution >= 0.6 is 11.6 Å². The number of rotatable bonds is 8. The molecule has 3 rings (SSSR count). The number of esters is 1. The van der Waals surface area contributed by atoms with Gasteiger partial charge in [0.2, 0.25) is 0 Å². The van der Waals surface area contributed by atoms with E-state index in [1.165, 1.54) is 13.2 Å². The quantitative estimate of drug-likeness (QED) is 0.481. The van der Waals surface area contributed by atoms with Gasteiger partial charge in [-0.05, 0) is 30.2 Å². The molecule has 33 heavy (non-hydrogen) atoms. The summed E-state index contributed by atoms with van der Waals surface area (Å²) in [5, 5.41) is 2.91. The van der Waals surface area contributed by atoms with Crippen molar-refractivity contribution in [3.8, 4) is 5.75 Å². The molecule has 11 heteroatoms. The Morgan fingerprint density at radius 2 is 2.09 bits per heavy atom. The summed E-state index contributed by atoms with van der Waals surface area (Å²) >= 11 is 5.92. The topological polar surface area (TPSA) is 136 Å². The maximum Gasteiger partial charge on any atom is 0.320 e. The number of nitrogen functional groups attached to an aromatic ring is 1. The van der Waals surface area contributed by atoms with Crippen LogP contribution in [0.15, 0.2) is 35.1 Å². The summed E-state index contributed by atoms with van der Waals surface area (Å²) in [5.74, 6) is -0.243. The molecule has 4 N–H and O–H groups in total. The maximum atomic E-state index is 12.6. The number of aromatic nitrogens is 1. The lowest BCUT2D eigenvalue weighted by atomic mass is 10.0. The molecule has 178 valence electrons. The molecule has 2 heterocycles. The molecular formula is C22H27ClN4O6. The largest absolute Gasteiger partial charge is 0.497 e. The van der Waals surface area contributed by atoms with E-state index < -0.39 is 11.5 Å². The van der Waals surface area contributed by atoms with E-state index in [-0.39, 0.29) is 47.7 Å². The molecule has 1 saturated heterocycles. The second kappa shape index (κ2) is 11.2. The average Bonchev–Trinajstić information content (AvgIpc) is 2.81. The maximum absolute atomic E-state index is 12.6. The Labute approximate surface area is 195 Å². The number of benzene rings is 1. The van der Waals surface area contributed by atoms with Crippen molar-refractivity contribution in [3.05, 3.63) is 56.8 Å². The highest BCUT2D eigenvalue weighted by atomic mass is 35.5. The number of methoxy groups -OCH3 is 2. The number of H-pyrrole nitrogens is 1. The van der Waals surface area contributed by atoms with Crippen LogP contribution in [0.2, 0.25) is 5.02 Å². The predicted molar refractivity (Wildman–Crippen MR) is 122 cm³/mol. The first-order valence-corrected chi connectivity index (χ1v) is 10.7. The molecule has 0 bridgehead atoms. The fourth-order valence-corrected chi connectivity index (χ4v) is 3.77. The fraction of sp³-hybridized carbons (Fsp3) is 0.409. The molecule has 1 aliphatic heterocycles. The van der Waals surface area contributed by atoms with E-state index in [0.29, 0.717) is 25.3 Å². The molecular weight excluding hydrogens is 452 g/mol. The normalized spacial score (nSPS) is 18.5. The van der Waals surface area contributed by atoms with Crippen molar-refractivity contribution in [2.24, 2.45) is 0 Å². The van der Waals surface area contributed by atoms with E-state index in [1.807, 2.05) is 29.2 Å². The molecule has 1 aromatic heterocycles. The highest BCUT2D eigenvalue weighted by molar-refractivity contribution is 6.33. The first kappa shape index (κ1) is 24.6. The number of carbonyl (C=O) groups is 2. The smallest absolute Gasteiger partial charge is 0.320 e. The number of hydrogen-bond donors (Lipinski definition) is 3. The zero-order chi connectivity index (χ0) is 24.0. The number of hydrogen-bond acceptors (Lipinski definition) is 8. The van der Waals surface area contributed by atoms with Crippen LogP contribution in [-0.4, -0.2) is 67.8 Å². The van der Waals surface area contributed by atoms with Crippen LogP contribution in [0.5, 0.6) is 5.75 Å². The Morgan fingerprint density at radius 3 is 2.82 bits per heavy atom. The molecule has 10 nitrogen and oxygen atoms in total. The van der Waals surface area contributed by atoms with Crippen LogP contribution in [0, 0.1) is 0 Å². The van der Waals surface area contributed by atoms with E-state index in [4.69, 9.17) is 31.5 Å². The molecule has 0 unspecified atom stereocenters. The van der Waals surface area contributed by atoms with E-state index in [1.54, 1.807) is 7.11 Å². The number of pyridine rings is 1. The summed E-state index contributed by atoms with van der Waals surface area (Å²) in [5.41, 5.74) is 5.62. The summed E-state index contributed by atoms with van der Waals surface area (Å²) in [6, 6.07) is 8.20. The van der Waals surface area contributed by atoms with Crippen molar-refractivity contribution in [1.29, 1.82) is 0 Å². The number of carbonyl (C=O) groups excluding carboxylic acids is 2. The first-order valence-electron chi connectivity index (χ1n) is 10.3. The van der Waals surface area contributed by atoms with Crippen LogP contribution in [0.4, 0.5) is 5.82 Å². The second-order valence-corrected chi connectivity index (χ2v) is 8.07. The van der Waals surface area contributed by atoms with Gasteiger partial charge in [0.1, 0.15) is 23.7 Å². The Balaban J connectivity index is 1.52. The molecule has 1 fully saturated rings. The lowest BCUT2D eigenvalue weighted by molar-refractivity contribution is -0.147. The highest BCUT2D eigenvalue weighted by Crippen LogP contribution is 2.17. The van der Waals surface area contributed by atoms with Gasteiger partial charge in [-0.3, -0.25) is 19.3 Å². The number of ether oxygens (including phenoxy) is 3. The van der Waals surface area contributed by atoms with Crippen molar-refractivity contribution < 1.29 is 23.8 Å². The number of halogens is 1. The van der Waals surface area contributed by atoms with Crippen LogP contribution in [0.3, 0.4) is 0 Å². The van der Waals surface area contributed by atoms with Gasteiger partial charge in [0.25, 0.3) is 11.5 Å². The molecule has 0 radical (unpaired) electrons. The Hall–Kier alpha value is -3.08. The van der Waals surface area contributed by atoms with E-state index >= 15 is 0 Å². The zero-order valence-corrected chi connectivity index (χ0v) is 19.2. The Morgan fingerprint density at radius 1 is 1.30 bits per heavy atom. The van der Waals surface area contributed by atoms with Crippen LogP contribution in [-0.2, 0) is 20.9 Å². The van der Waals surface area contributed by atoms with Crippen molar-refractivity contribution in [2.45, 2.75) is 25.2 Å². The molecule has 2 aromatic rings. The first-order chi connectivity index (χ1) is 15.8. The van der Waals surface area contributed by atoms with Gasteiger partial charge in [0.15, 0.2) is 0 Å². The molecule has 2 atom stereocenters. The third-order valence-electron chi connectivity index (χ3n) is 5.41. The van der Waals surface area contributed by atoms with Crippen LogP contribution in [0.1, 0.15) is 22.3 Å². The van der Waals surface area contributed by atoms with Gasteiger partial charge in [0, 0.05) is 20.2 Å². The summed E-state index contributed by atoms with van der Waals surface area (Å²) in [4.78, 5) is 41.2. The monoisotopic (exact) mass is 478 g/mol. The number of nitrogens with two attached hydrogens (primary N) is 1. The van der Waals surface area contributed by atoms with Gasteiger partial charge in [-0.2, -0.15) is 0 Å². The summed E-state index contributed by atoms with van der Waals surface area (Å²) in [6.07, 6.45) is 0.144. The van der Waals surface area contributed by atoms with Gasteiger partial charge >= 0.3 is 5.97 Å². The Kier molecular flexibility index (Phi) is 8.32. The minimum Gasteiger partial charge on any atom is -0.497 e. The average molecular weight is 479 g/mol. The molecule has 1 aromatic carbocycles. The van der Waals surface area contributed by atoms with Crippen molar-refractivity contribution in [3.63, 3.8) is 0 Å². The summed E-state index contributed by atoms with van der Waals surface area (Å²) in [7, 11) is 3.10. The minimum absolute atomic E-state index is 0.000388. The van der Waals surface area contributed by atoms with Crippen molar-refractivity contribution in [2.75, 3.05) is 39.6 Å². The van der Waals surface area contributed by atoms with E-state index in [0.717, 1.165) is 5.56 Å². The van der Waals surface area contributed by atoms with E-state index in [2.05, 4.69) is 10.3 Å². The standard InChI is InChI=1S/C22H27ClN4O6/c1-31-14-5-3-4-13(8-14)12-33-19(28)11-27-7-6-17(18(10-27)32-2)25-21(29)15-9-16(23)20(24)26-22(15)30/h3-5,8-9,17-18H,6-7,10-12H2,1-2H3,(H,25,29)(H3,24,26,30)/t17-,18+/m0/s1. The SMILES string of the molecule is COc1cccc(COC(=O)CN2CC[C@H](NC(=O)c3cc(Cl)c(N)[nH]c3=O)[C@H](OC)C2)c1. The number of anilines is 1. The van der Waals surface area contributed by atoms with Crippen molar-refractivity contribution >= 4 is 29.3 Å². The lowest BCUT2D eigenvalue weighted by Crippen LogP contribution is -2.56. The molecule has 0 spiro atoms. The van der Waals surface area contributed by atoms with Crippen LogP contribution in [0.25, 0.3) is 0 Å². The number of piperidine rings is 1. The molecule has 1 amide bonds. The number of amides is 1. The van der Waals surface area contributed by atoms with Crippen molar-refractivity contribution in [1.82, 2.24) is 15.2 Å². The lowest BCUT2D eigenvalue weighted by Gasteiger charge is -2.37. The van der Waals surface area contributed by atoms with Crippen LogP contribution < -0.4 is 21.3 Å². The highest BCUT2D eigenvalue weighted by Gasteiger charge is 2.32. The summed E-state index contributed by atoms with van der Waals surface area (Å²) < 4.78 is 16.1. The number of nitrogens with one attached hydrogen (secondary N) is 2. The third kappa shape index (κ3) is 6.47. The second-order valence-electron chi connectivity index (χ2n) is 7.66. The molecule has 0 aliphatic carbocycles. The summed E-state index contributed by atoms with van der Waals surface area (Å²) in [6.45, 7) is 1.19. The minimum atomic E-state index is -0.625. The van der Waals surface area contributed by atoms with Gasteiger partial charge < -0.3 is 30.2 Å². The van der Waals surface area contributed by atoms with Gasteiger partial charge in [-0.15, -0.1) is 0 Å². The molecule has 1 aliphatic rings. The predicted octanol–water partition coefficient (Wildman–Crippen LogP) is 1.18. The Bertz CT molecular complexity index is 1060. The number of nitrogens with zero attached hydrogens (tertiary/aromatic N) is 1. The van der Waals surface area contributed by atoms with Gasteiger partial charge in [-0.1, -0.05) is 23.7 Å². The van der Waals surface area contributed by atoms with Gasteiger partial charge in [-0.25, -0.2) is 0 Å². The fourth-order valence-electron chi connectivity index (χ4n) is 3.62. The number of likely N-dealkylation sites (tertiary alicyclic amines) is 1. The third-order valence-corrected chi connectivity index (χ3v) is 5.73. The van der Waals surface area contributed by atoms with E-state index in [9.17, 15) is 14.4 Å². The van der Waals surface area contributed by atoms with Gasteiger partial charge in [0.05, 0.1) is 30.8 Å². The zero-order valence-electron chi connectivity index (χ0n) is 18.4. The molecule has 0 saturated carbocycles. The number of aromatic amines is 1.